The van der Waals surface area contributed by atoms with Gasteiger partial charge < -0.3 is 5.32 Å². The Morgan fingerprint density at radius 1 is 1.24 bits per heavy atom. The molecule has 2 rings (SSSR count). The van der Waals surface area contributed by atoms with Crippen molar-refractivity contribution < 1.29 is 0 Å². The summed E-state index contributed by atoms with van der Waals surface area (Å²) in [5.74, 6) is 3.04. The van der Waals surface area contributed by atoms with E-state index in [1.165, 1.54) is 47.2 Å². The molecule has 1 unspecified atom stereocenters. The number of hydrogen-bond donors (Lipinski definition) is 1. The Morgan fingerprint density at radius 2 is 2.00 bits per heavy atom. The standard InChI is InChI=1S/C18H28BrNS/c1-3-14-8-10-15(11-9-14)18(20-4-2)13-21-17-7-5-6-16(19)12-17/h5-7,12,14-15,18,20H,3-4,8-11,13H2,1-2H3. The average Bonchev–Trinajstić information content (AvgIpc) is 2.52. The Bertz CT molecular complexity index is 415. The summed E-state index contributed by atoms with van der Waals surface area (Å²) in [5.41, 5.74) is 0. The van der Waals surface area contributed by atoms with Gasteiger partial charge in [0.1, 0.15) is 0 Å². The van der Waals surface area contributed by atoms with Crippen molar-refractivity contribution in [2.45, 2.75) is 56.9 Å². The van der Waals surface area contributed by atoms with Crippen molar-refractivity contribution in [3.63, 3.8) is 0 Å². The molecular formula is C18H28BrNS. The number of hydrogen-bond acceptors (Lipinski definition) is 2. The third kappa shape index (κ3) is 5.61. The predicted molar refractivity (Wildman–Crippen MR) is 98.1 cm³/mol. The van der Waals surface area contributed by atoms with Gasteiger partial charge in [0.2, 0.25) is 0 Å². The van der Waals surface area contributed by atoms with Crippen molar-refractivity contribution in [1.82, 2.24) is 5.32 Å². The maximum atomic E-state index is 3.74. The molecule has 118 valence electrons. The van der Waals surface area contributed by atoms with Crippen LogP contribution in [0.4, 0.5) is 0 Å². The summed E-state index contributed by atoms with van der Waals surface area (Å²) in [6, 6.07) is 9.32. The zero-order valence-electron chi connectivity index (χ0n) is 13.3. The first-order chi connectivity index (χ1) is 10.2. The lowest BCUT2D eigenvalue weighted by molar-refractivity contribution is 0.229. The number of benzene rings is 1. The average molecular weight is 370 g/mol. The first-order valence-electron chi connectivity index (χ1n) is 8.34. The van der Waals surface area contributed by atoms with Crippen molar-refractivity contribution in [3.05, 3.63) is 28.7 Å². The molecule has 0 saturated heterocycles. The van der Waals surface area contributed by atoms with Gasteiger partial charge in [0.05, 0.1) is 0 Å². The Hall–Kier alpha value is 0.01000. The molecular weight excluding hydrogens is 342 g/mol. The Labute approximate surface area is 142 Å². The molecule has 1 fully saturated rings. The topological polar surface area (TPSA) is 12.0 Å². The van der Waals surface area contributed by atoms with Crippen LogP contribution in [-0.4, -0.2) is 18.3 Å². The van der Waals surface area contributed by atoms with E-state index in [2.05, 4.69) is 59.4 Å². The Kier molecular flexibility index (Phi) is 7.62. The van der Waals surface area contributed by atoms with Gasteiger partial charge in [0.15, 0.2) is 0 Å². The van der Waals surface area contributed by atoms with Crippen LogP contribution < -0.4 is 5.32 Å². The molecule has 3 heteroatoms. The molecule has 1 aromatic rings. The summed E-state index contributed by atoms with van der Waals surface area (Å²) in [7, 11) is 0. The molecule has 0 radical (unpaired) electrons. The van der Waals surface area contributed by atoms with Crippen molar-refractivity contribution in [2.24, 2.45) is 11.8 Å². The molecule has 1 N–H and O–H groups in total. The molecule has 1 nitrogen and oxygen atoms in total. The second kappa shape index (κ2) is 9.22. The SMILES string of the molecule is CCNC(CSc1cccc(Br)c1)C1CCC(CC)CC1. The van der Waals surface area contributed by atoms with Gasteiger partial charge in [0, 0.05) is 21.2 Å². The van der Waals surface area contributed by atoms with E-state index in [4.69, 9.17) is 0 Å². The molecule has 1 aromatic carbocycles. The number of rotatable bonds is 7. The molecule has 1 saturated carbocycles. The smallest absolute Gasteiger partial charge is 0.0189 e. The lowest BCUT2D eigenvalue weighted by Crippen LogP contribution is -2.40. The van der Waals surface area contributed by atoms with E-state index in [9.17, 15) is 0 Å². The summed E-state index contributed by atoms with van der Waals surface area (Å²) in [4.78, 5) is 1.37. The van der Waals surface area contributed by atoms with Gasteiger partial charge in [-0.1, -0.05) is 55.1 Å². The second-order valence-corrected chi connectivity index (χ2v) is 8.13. The molecule has 0 spiro atoms. The first kappa shape index (κ1) is 17.4. The van der Waals surface area contributed by atoms with Crippen LogP contribution in [0, 0.1) is 11.8 Å². The molecule has 1 aliphatic rings. The van der Waals surface area contributed by atoms with E-state index >= 15 is 0 Å². The van der Waals surface area contributed by atoms with Crippen molar-refractivity contribution in [2.75, 3.05) is 12.3 Å². The van der Waals surface area contributed by atoms with E-state index < -0.39 is 0 Å². The molecule has 0 aromatic heterocycles. The monoisotopic (exact) mass is 369 g/mol. The van der Waals surface area contributed by atoms with E-state index in [0.717, 1.165) is 18.4 Å². The minimum Gasteiger partial charge on any atom is -0.313 e. The van der Waals surface area contributed by atoms with Crippen molar-refractivity contribution in [3.8, 4) is 0 Å². The highest BCUT2D eigenvalue weighted by Gasteiger charge is 2.26. The van der Waals surface area contributed by atoms with Gasteiger partial charge in [-0.3, -0.25) is 0 Å². The van der Waals surface area contributed by atoms with Crippen LogP contribution >= 0.6 is 27.7 Å². The van der Waals surface area contributed by atoms with Gasteiger partial charge in [0.25, 0.3) is 0 Å². The summed E-state index contributed by atoms with van der Waals surface area (Å²) in [6.45, 7) is 5.65. The highest BCUT2D eigenvalue weighted by atomic mass is 79.9. The fourth-order valence-corrected chi connectivity index (χ4v) is 5.06. The van der Waals surface area contributed by atoms with Crippen LogP contribution in [0.3, 0.4) is 0 Å². The third-order valence-electron chi connectivity index (χ3n) is 4.73. The lowest BCUT2D eigenvalue weighted by Gasteiger charge is -2.34. The summed E-state index contributed by atoms with van der Waals surface area (Å²) in [5, 5.41) is 3.74. The van der Waals surface area contributed by atoms with Crippen LogP contribution in [0.25, 0.3) is 0 Å². The second-order valence-electron chi connectivity index (χ2n) is 6.12. The maximum absolute atomic E-state index is 3.74. The van der Waals surface area contributed by atoms with E-state index in [1.54, 1.807) is 0 Å². The third-order valence-corrected chi connectivity index (χ3v) is 6.34. The lowest BCUT2D eigenvalue weighted by atomic mass is 9.78. The highest BCUT2D eigenvalue weighted by Crippen LogP contribution is 2.34. The largest absolute Gasteiger partial charge is 0.313 e. The molecule has 1 aliphatic carbocycles. The highest BCUT2D eigenvalue weighted by molar-refractivity contribution is 9.10. The van der Waals surface area contributed by atoms with Gasteiger partial charge in [-0.05, 0) is 49.4 Å². The Morgan fingerprint density at radius 3 is 2.62 bits per heavy atom. The van der Waals surface area contributed by atoms with Crippen molar-refractivity contribution >= 4 is 27.7 Å². The predicted octanol–water partition coefficient (Wildman–Crippen LogP) is 5.74. The quantitative estimate of drug-likeness (QED) is 0.615. The first-order valence-corrected chi connectivity index (χ1v) is 10.1. The summed E-state index contributed by atoms with van der Waals surface area (Å²) in [6.07, 6.45) is 7.06. The van der Waals surface area contributed by atoms with Gasteiger partial charge in [-0.25, -0.2) is 0 Å². The van der Waals surface area contributed by atoms with Crippen LogP contribution in [0.5, 0.6) is 0 Å². The summed E-state index contributed by atoms with van der Waals surface area (Å²) >= 11 is 5.55. The van der Waals surface area contributed by atoms with Crippen LogP contribution in [-0.2, 0) is 0 Å². The molecule has 21 heavy (non-hydrogen) atoms. The van der Waals surface area contributed by atoms with E-state index in [0.29, 0.717) is 6.04 Å². The van der Waals surface area contributed by atoms with Crippen LogP contribution in [0.15, 0.2) is 33.6 Å². The van der Waals surface area contributed by atoms with Gasteiger partial charge in [-0.15, -0.1) is 11.8 Å². The molecule has 0 heterocycles. The Balaban J connectivity index is 1.87. The summed E-state index contributed by atoms with van der Waals surface area (Å²) < 4.78 is 1.18. The molecule has 0 aliphatic heterocycles. The van der Waals surface area contributed by atoms with Crippen LogP contribution in [0.2, 0.25) is 0 Å². The number of halogens is 1. The minimum absolute atomic E-state index is 0.664. The minimum atomic E-state index is 0.664. The van der Waals surface area contributed by atoms with Crippen LogP contribution in [0.1, 0.15) is 46.0 Å². The zero-order chi connectivity index (χ0) is 15.1. The zero-order valence-corrected chi connectivity index (χ0v) is 15.7. The fraction of sp³-hybridized carbons (Fsp3) is 0.667. The fourth-order valence-electron chi connectivity index (χ4n) is 3.37. The number of nitrogens with one attached hydrogen (secondary N) is 1. The van der Waals surface area contributed by atoms with Crippen molar-refractivity contribution in [1.29, 1.82) is 0 Å². The van der Waals surface area contributed by atoms with E-state index in [1.807, 2.05) is 11.8 Å². The molecule has 0 bridgehead atoms. The van der Waals surface area contributed by atoms with Gasteiger partial charge in [-0.2, -0.15) is 0 Å². The molecule has 1 atom stereocenters. The number of thioether (sulfide) groups is 1. The normalized spacial score (nSPS) is 24.0. The van der Waals surface area contributed by atoms with E-state index in [-0.39, 0.29) is 0 Å². The molecule has 0 amide bonds. The maximum Gasteiger partial charge on any atom is 0.0189 e. The van der Waals surface area contributed by atoms with Gasteiger partial charge >= 0.3 is 0 Å².